The van der Waals surface area contributed by atoms with Gasteiger partial charge in [-0.3, -0.25) is 0 Å². The summed E-state index contributed by atoms with van der Waals surface area (Å²) in [5.74, 6) is 0. The molecule has 0 aliphatic heterocycles. The van der Waals surface area contributed by atoms with Crippen LogP contribution in [-0.2, 0) is 10.0 Å². The Hall–Kier alpha value is -1.33. The van der Waals surface area contributed by atoms with Crippen LogP contribution in [0.3, 0.4) is 0 Å². The number of aromatic nitrogens is 2. The normalized spacial score (nSPS) is 11.6. The molecular formula is C10H9ClN2O2S. The van der Waals surface area contributed by atoms with Gasteiger partial charge in [0.05, 0.1) is 4.90 Å². The van der Waals surface area contributed by atoms with Crippen LogP contribution in [0, 0.1) is 6.92 Å². The average molecular weight is 257 g/mol. The second kappa shape index (κ2) is 3.92. The molecule has 1 aromatic heterocycles. The largest absolute Gasteiger partial charge is 0.269 e. The molecule has 1 aromatic carbocycles. The Labute approximate surface area is 98.6 Å². The first-order valence-electron chi connectivity index (χ1n) is 4.51. The fourth-order valence-corrected chi connectivity index (χ4v) is 2.96. The molecule has 0 saturated carbocycles. The number of aryl methyl sites for hydroxylation is 1. The minimum Gasteiger partial charge on any atom is -0.244 e. The van der Waals surface area contributed by atoms with Crippen LogP contribution in [0.15, 0.2) is 41.8 Å². The summed E-state index contributed by atoms with van der Waals surface area (Å²) >= 11 is 5.79. The number of hydrogen-bond acceptors (Lipinski definition) is 3. The third-order valence-corrected chi connectivity index (χ3v) is 4.19. The Morgan fingerprint density at radius 1 is 1.38 bits per heavy atom. The van der Waals surface area contributed by atoms with Crippen LogP contribution in [-0.4, -0.2) is 17.4 Å². The maximum absolute atomic E-state index is 12.1. The van der Waals surface area contributed by atoms with Gasteiger partial charge in [-0.25, -0.2) is 17.4 Å². The first-order valence-corrected chi connectivity index (χ1v) is 6.33. The van der Waals surface area contributed by atoms with Crippen molar-refractivity contribution in [2.45, 2.75) is 11.8 Å². The van der Waals surface area contributed by atoms with E-state index in [0.717, 1.165) is 3.97 Å². The first kappa shape index (κ1) is 11.2. The van der Waals surface area contributed by atoms with E-state index in [1.165, 1.54) is 24.8 Å². The maximum Gasteiger partial charge on any atom is 0.269 e. The van der Waals surface area contributed by atoms with E-state index in [-0.39, 0.29) is 4.90 Å². The number of hydrogen-bond donors (Lipinski definition) is 0. The highest BCUT2D eigenvalue weighted by molar-refractivity contribution is 7.90. The van der Waals surface area contributed by atoms with Crippen molar-refractivity contribution < 1.29 is 8.42 Å². The second-order valence-corrected chi connectivity index (χ2v) is 5.56. The quantitative estimate of drug-likeness (QED) is 0.827. The predicted molar refractivity (Wildman–Crippen MR) is 61.0 cm³/mol. The van der Waals surface area contributed by atoms with Gasteiger partial charge in [-0.15, -0.1) is 0 Å². The summed E-state index contributed by atoms with van der Waals surface area (Å²) in [5, 5.41) is 0.393. The molecule has 0 N–H and O–H groups in total. The molecule has 0 saturated heterocycles. The van der Waals surface area contributed by atoms with Crippen LogP contribution in [0.1, 0.15) is 5.56 Å². The predicted octanol–water partition coefficient (Wildman–Crippen LogP) is 2.08. The van der Waals surface area contributed by atoms with Crippen molar-refractivity contribution in [3.63, 3.8) is 0 Å². The van der Waals surface area contributed by atoms with Crippen molar-refractivity contribution >= 4 is 21.6 Å². The van der Waals surface area contributed by atoms with Gasteiger partial charge < -0.3 is 0 Å². The maximum atomic E-state index is 12.1. The van der Waals surface area contributed by atoms with E-state index in [9.17, 15) is 8.42 Å². The SMILES string of the molecule is Cc1ccc(Cl)cc1S(=O)(=O)n1ccnc1. The van der Waals surface area contributed by atoms with E-state index >= 15 is 0 Å². The fourth-order valence-electron chi connectivity index (χ4n) is 1.35. The first-order chi connectivity index (χ1) is 7.51. The topological polar surface area (TPSA) is 52.0 Å². The smallest absolute Gasteiger partial charge is 0.244 e. The zero-order valence-electron chi connectivity index (χ0n) is 8.46. The van der Waals surface area contributed by atoms with Gasteiger partial charge in [0.1, 0.15) is 6.33 Å². The number of nitrogens with zero attached hydrogens (tertiary/aromatic N) is 2. The Kier molecular flexibility index (Phi) is 2.73. The zero-order valence-corrected chi connectivity index (χ0v) is 10.0. The molecule has 1 heterocycles. The van der Waals surface area contributed by atoms with E-state index < -0.39 is 10.0 Å². The Bertz CT molecular complexity index is 606. The van der Waals surface area contributed by atoms with Crippen LogP contribution < -0.4 is 0 Å². The van der Waals surface area contributed by atoms with Gasteiger partial charge in [-0.2, -0.15) is 0 Å². The molecule has 0 bridgehead atoms. The molecule has 0 amide bonds. The molecule has 4 nitrogen and oxygen atoms in total. The zero-order chi connectivity index (χ0) is 11.8. The van der Waals surface area contributed by atoms with Crippen molar-refractivity contribution in [2.75, 3.05) is 0 Å². The molecule has 0 radical (unpaired) electrons. The monoisotopic (exact) mass is 256 g/mol. The van der Waals surface area contributed by atoms with E-state index in [4.69, 9.17) is 11.6 Å². The van der Waals surface area contributed by atoms with Crippen LogP contribution in [0.25, 0.3) is 0 Å². The van der Waals surface area contributed by atoms with E-state index in [0.29, 0.717) is 10.6 Å². The second-order valence-electron chi connectivity index (χ2n) is 3.31. The van der Waals surface area contributed by atoms with Crippen molar-refractivity contribution in [3.8, 4) is 0 Å². The molecule has 84 valence electrons. The summed E-state index contributed by atoms with van der Waals surface area (Å²) in [6.07, 6.45) is 4.04. The van der Waals surface area contributed by atoms with Gasteiger partial charge in [-0.1, -0.05) is 17.7 Å². The summed E-state index contributed by atoms with van der Waals surface area (Å²) in [7, 11) is -3.58. The lowest BCUT2D eigenvalue weighted by Crippen LogP contribution is -2.12. The molecule has 2 rings (SSSR count). The molecule has 0 fully saturated rings. The fraction of sp³-hybridized carbons (Fsp3) is 0.100. The van der Waals surface area contributed by atoms with Crippen molar-refractivity contribution in [2.24, 2.45) is 0 Å². The van der Waals surface area contributed by atoms with Gasteiger partial charge in [0.2, 0.25) is 0 Å². The third-order valence-electron chi connectivity index (χ3n) is 2.19. The summed E-state index contributed by atoms with van der Waals surface area (Å²) in [6.45, 7) is 1.72. The highest BCUT2D eigenvalue weighted by Crippen LogP contribution is 2.22. The van der Waals surface area contributed by atoms with Crippen molar-refractivity contribution in [3.05, 3.63) is 47.5 Å². The lowest BCUT2D eigenvalue weighted by atomic mass is 10.2. The number of benzene rings is 1. The minimum atomic E-state index is -3.58. The summed E-state index contributed by atoms with van der Waals surface area (Å²) in [4.78, 5) is 3.91. The van der Waals surface area contributed by atoms with Crippen LogP contribution in [0.2, 0.25) is 5.02 Å². The highest BCUT2D eigenvalue weighted by atomic mass is 35.5. The van der Waals surface area contributed by atoms with Crippen molar-refractivity contribution in [1.82, 2.24) is 8.96 Å². The van der Waals surface area contributed by atoms with Crippen molar-refractivity contribution in [1.29, 1.82) is 0 Å². The van der Waals surface area contributed by atoms with E-state index in [1.54, 1.807) is 19.1 Å². The minimum absolute atomic E-state index is 0.193. The number of halogens is 1. The van der Waals surface area contributed by atoms with Gasteiger partial charge in [-0.05, 0) is 24.6 Å². The van der Waals surface area contributed by atoms with Crippen LogP contribution >= 0.6 is 11.6 Å². The Morgan fingerprint density at radius 3 is 2.75 bits per heavy atom. The van der Waals surface area contributed by atoms with Gasteiger partial charge in [0.15, 0.2) is 0 Å². The van der Waals surface area contributed by atoms with E-state index in [1.807, 2.05) is 0 Å². The molecular weight excluding hydrogens is 248 g/mol. The standard InChI is InChI=1S/C10H9ClN2O2S/c1-8-2-3-9(11)6-10(8)16(14,15)13-5-4-12-7-13/h2-7H,1H3. The number of rotatable bonds is 2. The van der Waals surface area contributed by atoms with Crippen LogP contribution in [0.4, 0.5) is 0 Å². The lowest BCUT2D eigenvalue weighted by Gasteiger charge is -2.08. The van der Waals surface area contributed by atoms with Gasteiger partial charge in [0.25, 0.3) is 10.0 Å². The van der Waals surface area contributed by atoms with Crippen LogP contribution in [0.5, 0.6) is 0 Å². The summed E-state index contributed by atoms with van der Waals surface area (Å²) in [6, 6.07) is 4.77. The Morgan fingerprint density at radius 2 is 2.12 bits per heavy atom. The van der Waals surface area contributed by atoms with Gasteiger partial charge >= 0.3 is 0 Å². The summed E-state index contributed by atoms with van der Waals surface area (Å²) in [5.41, 5.74) is 0.651. The molecule has 0 aliphatic rings. The Balaban J connectivity index is 2.65. The molecule has 2 aromatic rings. The molecule has 0 spiro atoms. The number of imidazole rings is 1. The molecule has 16 heavy (non-hydrogen) atoms. The van der Waals surface area contributed by atoms with E-state index in [2.05, 4.69) is 4.98 Å². The molecule has 0 atom stereocenters. The molecule has 0 aliphatic carbocycles. The average Bonchev–Trinajstić information content (AvgIpc) is 2.75. The molecule has 6 heteroatoms. The highest BCUT2D eigenvalue weighted by Gasteiger charge is 2.18. The third kappa shape index (κ3) is 1.83. The van der Waals surface area contributed by atoms with Gasteiger partial charge in [0, 0.05) is 17.4 Å². The molecule has 0 unspecified atom stereocenters. The lowest BCUT2D eigenvalue weighted by molar-refractivity contribution is 0.586. The summed E-state index contributed by atoms with van der Waals surface area (Å²) < 4.78 is 25.3.